The zero-order chi connectivity index (χ0) is 19.8. The lowest BCUT2D eigenvalue weighted by molar-refractivity contribution is 0.203. The lowest BCUT2D eigenvalue weighted by Gasteiger charge is -2.40. The molecular formula is C25H26FN3. The highest BCUT2D eigenvalue weighted by molar-refractivity contribution is 5.70. The van der Waals surface area contributed by atoms with Gasteiger partial charge in [0.1, 0.15) is 5.82 Å². The van der Waals surface area contributed by atoms with Gasteiger partial charge in [-0.3, -0.25) is 9.88 Å². The molecule has 148 valence electrons. The summed E-state index contributed by atoms with van der Waals surface area (Å²) in [5.74, 6) is 0.402. The Morgan fingerprint density at radius 1 is 1.07 bits per heavy atom. The number of anilines is 1. The van der Waals surface area contributed by atoms with Crippen LogP contribution in [-0.2, 0) is 6.54 Å². The zero-order valence-electron chi connectivity index (χ0n) is 16.7. The summed E-state index contributed by atoms with van der Waals surface area (Å²) < 4.78 is 13.8. The number of nitrogens with one attached hydrogen (secondary N) is 1. The highest BCUT2D eigenvalue weighted by atomic mass is 19.1. The van der Waals surface area contributed by atoms with Crippen molar-refractivity contribution < 1.29 is 4.39 Å². The number of halogens is 1. The van der Waals surface area contributed by atoms with Gasteiger partial charge in [0, 0.05) is 42.6 Å². The maximum atomic E-state index is 13.8. The van der Waals surface area contributed by atoms with Gasteiger partial charge in [0.25, 0.3) is 0 Å². The van der Waals surface area contributed by atoms with Crippen LogP contribution >= 0.6 is 0 Å². The fraction of sp³-hybridized carbons (Fsp3) is 0.320. The van der Waals surface area contributed by atoms with Gasteiger partial charge in [-0.25, -0.2) is 4.39 Å². The first-order valence-corrected chi connectivity index (χ1v) is 10.5. The van der Waals surface area contributed by atoms with Gasteiger partial charge in [0.05, 0.1) is 0 Å². The summed E-state index contributed by atoms with van der Waals surface area (Å²) in [6.45, 7) is 4.30. The number of benzene rings is 2. The van der Waals surface area contributed by atoms with E-state index >= 15 is 0 Å². The summed E-state index contributed by atoms with van der Waals surface area (Å²) in [4.78, 5) is 6.76. The molecule has 2 aliphatic heterocycles. The summed E-state index contributed by atoms with van der Waals surface area (Å²) in [6, 6.07) is 18.5. The molecule has 1 aromatic heterocycles. The number of fused-ring (bicyclic) bond motifs is 3. The molecule has 2 aromatic carbocycles. The summed E-state index contributed by atoms with van der Waals surface area (Å²) >= 11 is 0. The first-order valence-electron chi connectivity index (χ1n) is 10.5. The number of nitrogens with zero attached hydrogens (tertiary/aromatic N) is 2. The Morgan fingerprint density at radius 3 is 2.69 bits per heavy atom. The normalized spacial score (nSPS) is 23.3. The van der Waals surface area contributed by atoms with Gasteiger partial charge in [-0.2, -0.15) is 0 Å². The van der Waals surface area contributed by atoms with E-state index in [4.69, 9.17) is 0 Å². The second-order valence-corrected chi connectivity index (χ2v) is 8.19. The van der Waals surface area contributed by atoms with Crippen molar-refractivity contribution in [3.05, 3.63) is 83.9 Å². The van der Waals surface area contributed by atoms with Gasteiger partial charge in [-0.05, 0) is 78.0 Å². The van der Waals surface area contributed by atoms with Crippen LogP contribution in [0, 0.1) is 11.7 Å². The van der Waals surface area contributed by atoms with E-state index in [1.54, 1.807) is 12.1 Å². The number of hydrogen-bond donors (Lipinski definition) is 1. The molecule has 0 unspecified atom stereocenters. The number of hydrogen-bond acceptors (Lipinski definition) is 3. The predicted octanol–water partition coefficient (Wildman–Crippen LogP) is 5.66. The molecule has 3 atom stereocenters. The average Bonchev–Trinajstić information content (AvgIpc) is 3.17. The average molecular weight is 388 g/mol. The Bertz CT molecular complexity index is 1000. The third kappa shape index (κ3) is 3.42. The standard InChI is InChI=1S/C25H26FN3/c1-2-23-21-10-13-29(16-17-8-11-27-12-9-17)25(21)22-15-19(6-7-24(22)28-23)18-4-3-5-20(26)14-18/h3-9,11-12,14-15,21,23,25,28H,2,10,13,16H2,1H3/t21-,23-,25-/m1/s1. The second-order valence-electron chi connectivity index (χ2n) is 8.19. The lowest BCUT2D eigenvalue weighted by Crippen LogP contribution is -2.38. The minimum atomic E-state index is -0.192. The van der Waals surface area contributed by atoms with Crippen molar-refractivity contribution in [3.8, 4) is 11.1 Å². The fourth-order valence-electron chi connectivity index (χ4n) is 5.13. The SMILES string of the molecule is CC[C@H]1Nc2ccc(-c3cccc(F)c3)cc2[C@H]2[C@@H]1CCN2Cc1ccncc1. The highest BCUT2D eigenvalue weighted by Gasteiger charge is 2.43. The van der Waals surface area contributed by atoms with Crippen LogP contribution in [0.25, 0.3) is 11.1 Å². The molecule has 4 heteroatoms. The third-order valence-corrected chi connectivity index (χ3v) is 6.51. The molecule has 1 N–H and O–H groups in total. The van der Waals surface area contributed by atoms with Gasteiger partial charge in [-0.1, -0.05) is 25.1 Å². The van der Waals surface area contributed by atoms with Crippen LogP contribution in [0.5, 0.6) is 0 Å². The zero-order valence-corrected chi connectivity index (χ0v) is 16.7. The van der Waals surface area contributed by atoms with Crippen molar-refractivity contribution >= 4 is 5.69 Å². The van der Waals surface area contributed by atoms with E-state index in [-0.39, 0.29) is 5.82 Å². The largest absolute Gasteiger partial charge is 0.382 e. The monoisotopic (exact) mass is 387 g/mol. The first-order chi connectivity index (χ1) is 14.2. The van der Waals surface area contributed by atoms with E-state index in [1.807, 2.05) is 18.5 Å². The molecule has 5 rings (SSSR count). The molecule has 3 heterocycles. The van der Waals surface area contributed by atoms with Gasteiger partial charge in [-0.15, -0.1) is 0 Å². The van der Waals surface area contributed by atoms with Crippen molar-refractivity contribution in [1.29, 1.82) is 0 Å². The van der Waals surface area contributed by atoms with Gasteiger partial charge in [0.2, 0.25) is 0 Å². The highest BCUT2D eigenvalue weighted by Crippen LogP contribution is 2.48. The summed E-state index contributed by atoms with van der Waals surface area (Å²) in [6.07, 6.45) is 6.06. The van der Waals surface area contributed by atoms with Crippen LogP contribution in [0.4, 0.5) is 10.1 Å². The van der Waals surface area contributed by atoms with E-state index in [0.29, 0.717) is 18.0 Å². The maximum absolute atomic E-state index is 13.8. The lowest BCUT2D eigenvalue weighted by atomic mass is 9.81. The van der Waals surface area contributed by atoms with E-state index in [2.05, 4.69) is 52.5 Å². The smallest absolute Gasteiger partial charge is 0.123 e. The molecule has 29 heavy (non-hydrogen) atoms. The van der Waals surface area contributed by atoms with Crippen LogP contribution in [-0.4, -0.2) is 22.5 Å². The molecule has 0 saturated carbocycles. The molecule has 1 fully saturated rings. The van der Waals surface area contributed by atoms with Gasteiger partial charge < -0.3 is 5.32 Å². The first kappa shape index (κ1) is 18.3. The molecule has 3 aromatic rings. The molecule has 2 aliphatic rings. The van der Waals surface area contributed by atoms with Crippen molar-refractivity contribution in [1.82, 2.24) is 9.88 Å². The predicted molar refractivity (Wildman–Crippen MR) is 115 cm³/mol. The number of aromatic nitrogens is 1. The van der Waals surface area contributed by atoms with Crippen LogP contribution in [0.1, 0.15) is 36.9 Å². The van der Waals surface area contributed by atoms with Crippen molar-refractivity contribution in [2.75, 3.05) is 11.9 Å². The number of rotatable bonds is 4. The van der Waals surface area contributed by atoms with Crippen LogP contribution in [0.3, 0.4) is 0 Å². The Labute approximate surface area is 171 Å². The molecule has 1 saturated heterocycles. The number of pyridine rings is 1. The Morgan fingerprint density at radius 2 is 1.90 bits per heavy atom. The molecular weight excluding hydrogens is 361 g/mol. The topological polar surface area (TPSA) is 28.2 Å². The Balaban J connectivity index is 1.54. The molecule has 0 aliphatic carbocycles. The summed E-state index contributed by atoms with van der Waals surface area (Å²) in [5, 5.41) is 3.78. The van der Waals surface area contributed by atoms with E-state index in [1.165, 1.54) is 29.3 Å². The van der Waals surface area contributed by atoms with Crippen LogP contribution in [0.15, 0.2) is 67.0 Å². The summed E-state index contributed by atoms with van der Waals surface area (Å²) in [7, 11) is 0. The Hall–Kier alpha value is -2.72. The van der Waals surface area contributed by atoms with Crippen molar-refractivity contribution in [3.63, 3.8) is 0 Å². The Kier molecular flexibility index (Phi) is 4.80. The van der Waals surface area contributed by atoms with Crippen molar-refractivity contribution in [2.45, 2.75) is 38.4 Å². The number of likely N-dealkylation sites (tertiary alicyclic amines) is 1. The minimum Gasteiger partial charge on any atom is -0.382 e. The van der Waals surface area contributed by atoms with Crippen LogP contribution in [0.2, 0.25) is 0 Å². The van der Waals surface area contributed by atoms with Crippen molar-refractivity contribution in [2.24, 2.45) is 5.92 Å². The van der Waals surface area contributed by atoms with Gasteiger partial charge in [0.15, 0.2) is 0 Å². The van der Waals surface area contributed by atoms with E-state index < -0.39 is 0 Å². The second kappa shape index (κ2) is 7.60. The fourth-order valence-corrected chi connectivity index (χ4v) is 5.13. The van der Waals surface area contributed by atoms with Crippen LogP contribution < -0.4 is 5.32 Å². The summed E-state index contributed by atoms with van der Waals surface area (Å²) in [5.41, 5.74) is 5.87. The molecule has 3 nitrogen and oxygen atoms in total. The molecule has 0 spiro atoms. The van der Waals surface area contributed by atoms with E-state index in [0.717, 1.165) is 30.6 Å². The molecule has 0 amide bonds. The maximum Gasteiger partial charge on any atom is 0.123 e. The quantitative estimate of drug-likeness (QED) is 0.626. The minimum absolute atomic E-state index is 0.192. The molecule has 0 bridgehead atoms. The molecule has 0 radical (unpaired) electrons. The third-order valence-electron chi connectivity index (χ3n) is 6.51. The van der Waals surface area contributed by atoms with E-state index in [9.17, 15) is 4.39 Å². The van der Waals surface area contributed by atoms with Gasteiger partial charge >= 0.3 is 0 Å².